The van der Waals surface area contributed by atoms with Crippen molar-refractivity contribution in [3.63, 3.8) is 0 Å². The number of benzene rings is 4. The summed E-state index contributed by atoms with van der Waals surface area (Å²) in [5, 5.41) is 20.7. The van der Waals surface area contributed by atoms with E-state index in [-0.39, 0.29) is 48.7 Å². The molecule has 17 heteroatoms. The maximum atomic E-state index is 13.9. The Bertz CT molecular complexity index is 2990. The number of rotatable bonds is 14. The van der Waals surface area contributed by atoms with Gasteiger partial charge in [0.05, 0.1) is 28.9 Å². The molecule has 0 bridgehead atoms. The van der Waals surface area contributed by atoms with Crippen molar-refractivity contribution in [3.05, 3.63) is 111 Å². The summed E-state index contributed by atoms with van der Waals surface area (Å²) in [6.07, 6.45) is 1.28. The fourth-order valence-electron chi connectivity index (χ4n) is 10.2. The maximum absolute atomic E-state index is 13.9. The van der Waals surface area contributed by atoms with E-state index in [0.717, 1.165) is 38.7 Å². The van der Waals surface area contributed by atoms with Crippen LogP contribution in [0.1, 0.15) is 75.6 Å². The first-order valence-electron chi connectivity index (χ1n) is 22.5. The van der Waals surface area contributed by atoms with E-state index in [1.807, 2.05) is 62.7 Å². The number of hydrogen-bond acceptors (Lipinski definition) is 9. The Labute approximate surface area is 390 Å². The number of carboxylic acids is 1. The third-order valence-electron chi connectivity index (χ3n) is 13.5. The van der Waals surface area contributed by atoms with Crippen LogP contribution in [0.4, 0.5) is 4.39 Å². The van der Waals surface area contributed by atoms with E-state index < -0.39 is 24.0 Å². The lowest BCUT2D eigenvalue weighted by atomic mass is 9.98. The minimum atomic E-state index is -1.06. The number of carboxylic acid groups (broad SMARTS) is 1. The average molecular weight is 932 g/mol. The Morgan fingerprint density at radius 1 is 0.925 bits per heavy atom. The minimum Gasteiger partial charge on any atom is -0.493 e. The fourth-order valence-corrected chi connectivity index (χ4v) is 10.4. The zero-order chi connectivity index (χ0) is 47.3. The van der Waals surface area contributed by atoms with E-state index in [4.69, 9.17) is 21.1 Å². The van der Waals surface area contributed by atoms with Gasteiger partial charge in [0.1, 0.15) is 29.1 Å². The zero-order valence-electron chi connectivity index (χ0n) is 37.7. The highest BCUT2D eigenvalue weighted by atomic mass is 35.5. The number of fused-ring (bicyclic) bond motifs is 3. The number of halogens is 2. The van der Waals surface area contributed by atoms with E-state index in [2.05, 4.69) is 15.3 Å². The Hall–Kier alpha value is -6.78. The molecule has 4 amide bonds. The van der Waals surface area contributed by atoms with E-state index in [1.54, 1.807) is 33.8 Å². The lowest BCUT2D eigenvalue weighted by Gasteiger charge is -2.35. The Morgan fingerprint density at radius 2 is 1.67 bits per heavy atom. The van der Waals surface area contributed by atoms with Crippen molar-refractivity contribution in [3.8, 4) is 22.6 Å². The molecule has 348 valence electrons. The second-order valence-electron chi connectivity index (χ2n) is 17.4. The Balaban J connectivity index is 0.900. The molecule has 2 atom stereocenters. The number of aromatic nitrogens is 3. The molecule has 5 heterocycles. The van der Waals surface area contributed by atoms with Crippen molar-refractivity contribution in [1.82, 2.24) is 34.4 Å². The van der Waals surface area contributed by atoms with Crippen molar-refractivity contribution in [1.29, 1.82) is 0 Å². The van der Waals surface area contributed by atoms with Crippen LogP contribution in [0.15, 0.2) is 66.7 Å². The highest BCUT2D eigenvalue weighted by molar-refractivity contribution is 6.35. The van der Waals surface area contributed by atoms with Gasteiger partial charge in [-0.25, -0.2) is 9.18 Å². The fraction of sp³-hybridized carbons (Fsp3) is 0.360. The summed E-state index contributed by atoms with van der Waals surface area (Å²) in [6.45, 7) is 8.50. The number of carbonyl (C=O) groups excluding carboxylic acids is 4. The lowest BCUT2D eigenvalue weighted by molar-refractivity contribution is -0.137. The molecule has 2 N–H and O–H groups in total. The summed E-state index contributed by atoms with van der Waals surface area (Å²) < 4.78 is 29.9. The first-order chi connectivity index (χ1) is 32.2. The van der Waals surface area contributed by atoms with Crippen molar-refractivity contribution in [2.45, 2.75) is 65.1 Å². The maximum Gasteiger partial charge on any atom is 0.352 e. The van der Waals surface area contributed by atoms with E-state index in [9.17, 15) is 33.5 Å². The number of nitrogens with one attached hydrogen (secondary N) is 1. The molecule has 2 saturated heterocycles. The molecule has 9 rings (SSSR count). The molecule has 0 spiro atoms. The van der Waals surface area contributed by atoms with Crippen LogP contribution in [0.25, 0.3) is 32.8 Å². The van der Waals surface area contributed by atoms with Crippen LogP contribution in [0.5, 0.6) is 11.5 Å². The number of piperidine rings is 1. The summed E-state index contributed by atoms with van der Waals surface area (Å²) in [6, 6.07) is 17.5. The summed E-state index contributed by atoms with van der Waals surface area (Å²) in [4.78, 5) is 70.4. The quantitative estimate of drug-likeness (QED) is 0.0870. The van der Waals surface area contributed by atoms with E-state index in [1.165, 1.54) is 17.0 Å². The van der Waals surface area contributed by atoms with Crippen LogP contribution in [-0.4, -0.2) is 116 Å². The number of amides is 4. The molecule has 0 saturated carbocycles. The van der Waals surface area contributed by atoms with Crippen molar-refractivity contribution < 1.29 is 42.9 Å². The molecule has 2 unspecified atom stereocenters. The van der Waals surface area contributed by atoms with Crippen LogP contribution in [0.2, 0.25) is 5.02 Å². The molecule has 67 heavy (non-hydrogen) atoms. The summed E-state index contributed by atoms with van der Waals surface area (Å²) in [7, 11) is 1.87. The monoisotopic (exact) mass is 931 g/mol. The van der Waals surface area contributed by atoms with Gasteiger partial charge in [0.15, 0.2) is 6.61 Å². The predicted octanol–water partition coefficient (Wildman–Crippen LogP) is 6.86. The smallest absolute Gasteiger partial charge is 0.352 e. The normalized spacial score (nSPS) is 17.7. The van der Waals surface area contributed by atoms with Crippen LogP contribution >= 0.6 is 11.6 Å². The first-order valence-corrected chi connectivity index (χ1v) is 22.9. The lowest BCUT2D eigenvalue weighted by Crippen LogP contribution is -2.53. The van der Waals surface area contributed by atoms with E-state index >= 15 is 0 Å². The summed E-state index contributed by atoms with van der Waals surface area (Å²) >= 11 is 7.06. The molecule has 2 aromatic heterocycles. The Morgan fingerprint density at radius 3 is 2.40 bits per heavy atom. The first kappa shape index (κ1) is 45.4. The minimum absolute atomic E-state index is 0.139. The third kappa shape index (κ3) is 8.48. The summed E-state index contributed by atoms with van der Waals surface area (Å²) in [5.74, 6) is -1.79. The van der Waals surface area contributed by atoms with Crippen molar-refractivity contribution in [2.75, 3.05) is 45.9 Å². The second kappa shape index (κ2) is 18.5. The number of aryl methyl sites for hydroxylation is 3. The SMILES string of the molecule is Cc1nn(C)c(C)c1-c1c(Cl)ccc2c(CCCOc3cccc4cc(F)ccc34)c(C(=O)O)n(CCN3CCN(C(=O)COc4cccc5c4C(C)N(C4CCC(=O)NC4=O)C5=O)CC3)c12. The Kier molecular flexibility index (Phi) is 12.5. The zero-order valence-corrected chi connectivity index (χ0v) is 38.5. The number of hydrogen-bond donors (Lipinski definition) is 2. The highest BCUT2D eigenvalue weighted by Crippen LogP contribution is 2.43. The number of ether oxygens (including phenoxy) is 2. The molecule has 3 aliphatic rings. The van der Waals surface area contributed by atoms with Gasteiger partial charge < -0.3 is 28.9 Å². The van der Waals surface area contributed by atoms with Gasteiger partial charge in [0.2, 0.25) is 11.8 Å². The molecular weight excluding hydrogens is 881 g/mol. The average Bonchev–Trinajstić information content (AvgIpc) is 3.86. The molecular formula is C50H51ClFN7O8. The largest absolute Gasteiger partial charge is 0.493 e. The number of piperazine rings is 1. The number of imide groups is 1. The molecule has 0 aliphatic carbocycles. The van der Waals surface area contributed by atoms with Crippen LogP contribution < -0.4 is 14.8 Å². The van der Waals surface area contributed by atoms with Crippen LogP contribution in [0, 0.1) is 19.7 Å². The standard InChI is InChI=1S/C50H51ClFN7O8/c1-28-43(29(2)55(4)54-28)45-37(51)16-15-35-34(10-7-25-66-39-11-5-8-31-26-32(52)13-14-33(31)39)47(50(64)65)58(46(35)45)24-21-56-19-22-57(23-20-56)42(61)27-67-40-12-6-9-36-44(40)30(3)59(49(36)63)38-17-18-41(60)53-48(38)62/h5-6,8-9,11-16,26,30,38H,7,10,17-25,27H2,1-4H3,(H,64,65)(H,53,60,62). The second-order valence-corrected chi connectivity index (χ2v) is 17.8. The predicted molar refractivity (Wildman–Crippen MR) is 249 cm³/mol. The van der Waals surface area contributed by atoms with Crippen LogP contribution in [0.3, 0.4) is 0 Å². The molecule has 4 aromatic carbocycles. The van der Waals surface area contributed by atoms with Crippen LogP contribution in [-0.2, 0) is 34.4 Å². The van der Waals surface area contributed by atoms with Gasteiger partial charge >= 0.3 is 5.97 Å². The van der Waals surface area contributed by atoms with Crippen molar-refractivity contribution in [2.24, 2.45) is 7.05 Å². The number of aromatic carboxylic acids is 1. The molecule has 6 aromatic rings. The third-order valence-corrected chi connectivity index (χ3v) is 13.8. The molecule has 2 fully saturated rings. The van der Waals surface area contributed by atoms with E-state index in [0.29, 0.717) is 97.4 Å². The van der Waals surface area contributed by atoms with Gasteiger partial charge in [-0.15, -0.1) is 0 Å². The topological polar surface area (TPSA) is 169 Å². The van der Waals surface area contributed by atoms with Gasteiger partial charge in [-0.05, 0) is 93.4 Å². The summed E-state index contributed by atoms with van der Waals surface area (Å²) in [5.41, 5.74) is 5.78. The van der Waals surface area contributed by atoms with Gasteiger partial charge in [-0.3, -0.25) is 34.1 Å². The highest BCUT2D eigenvalue weighted by Gasteiger charge is 2.44. The molecule has 0 radical (unpaired) electrons. The van der Waals surface area contributed by atoms with Gasteiger partial charge in [-0.1, -0.05) is 35.9 Å². The molecule has 15 nitrogen and oxygen atoms in total. The van der Waals surface area contributed by atoms with Gasteiger partial charge in [0, 0.05) is 91.5 Å². The van der Waals surface area contributed by atoms with Gasteiger partial charge in [-0.2, -0.15) is 5.10 Å². The van der Waals surface area contributed by atoms with Crippen molar-refractivity contribution >= 4 is 62.9 Å². The van der Waals surface area contributed by atoms with Gasteiger partial charge in [0.25, 0.3) is 11.8 Å². The molecule has 3 aliphatic heterocycles. The number of carbonyl (C=O) groups is 5. The number of nitrogens with zero attached hydrogens (tertiary/aromatic N) is 6.